The fourth-order valence-corrected chi connectivity index (χ4v) is 1.29. The molecule has 84 valence electrons. The van der Waals surface area contributed by atoms with Gasteiger partial charge >= 0.3 is 10.4 Å². The molecular formula is C6H15N3O4S. The van der Waals surface area contributed by atoms with Gasteiger partial charge in [-0.3, -0.25) is 14.5 Å². The summed E-state index contributed by atoms with van der Waals surface area (Å²) in [6, 6.07) is 0.488. The van der Waals surface area contributed by atoms with Crippen molar-refractivity contribution in [1.29, 1.82) is 5.41 Å². The SMILES string of the molecule is N=C(N)NC1CCCC1.O=S(=O)(O)O. The topological polar surface area (TPSA) is 136 Å². The predicted molar refractivity (Wildman–Crippen MR) is 51.5 cm³/mol. The fraction of sp³-hybridized carbons (Fsp3) is 0.833. The molecule has 14 heavy (non-hydrogen) atoms. The highest BCUT2D eigenvalue weighted by molar-refractivity contribution is 7.79. The Labute approximate surface area is 82.8 Å². The van der Waals surface area contributed by atoms with Crippen molar-refractivity contribution in [2.24, 2.45) is 5.73 Å². The van der Waals surface area contributed by atoms with Crippen LogP contribution in [0, 0.1) is 5.41 Å². The van der Waals surface area contributed by atoms with Crippen molar-refractivity contribution in [2.45, 2.75) is 31.7 Å². The summed E-state index contributed by atoms with van der Waals surface area (Å²) in [5.41, 5.74) is 5.14. The van der Waals surface area contributed by atoms with Crippen molar-refractivity contribution in [1.82, 2.24) is 5.32 Å². The third-order valence-corrected chi connectivity index (χ3v) is 1.71. The van der Waals surface area contributed by atoms with Gasteiger partial charge in [0.15, 0.2) is 5.96 Å². The average Bonchev–Trinajstić information content (AvgIpc) is 2.33. The standard InChI is InChI=1S/C6H13N3.H2O4S/c7-6(8)9-5-3-1-2-4-5;1-5(2,3)4/h5H,1-4H2,(H4,7,8,9);(H2,1,2,3,4). The highest BCUT2D eigenvalue weighted by Gasteiger charge is 2.13. The van der Waals surface area contributed by atoms with Crippen LogP contribution < -0.4 is 11.1 Å². The molecule has 0 atom stereocenters. The third-order valence-electron chi connectivity index (χ3n) is 1.71. The highest BCUT2D eigenvalue weighted by Crippen LogP contribution is 2.16. The maximum atomic E-state index is 8.74. The number of nitrogens with one attached hydrogen (secondary N) is 2. The van der Waals surface area contributed by atoms with Crippen LogP contribution in [0.4, 0.5) is 0 Å². The molecule has 1 rings (SSSR count). The van der Waals surface area contributed by atoms with Crippen molar-refractivity contribution < 1.29 is 17.5 Å². The molecule has 0 aromatic rings. The third kappa shape index (κ3) is 11.1. The van der Waals surface area contributed by atoms with E-state index in [-0.39, 0.29) is 5.96 Å². The molecule has 0 unspecified atom stereocenters. The Balaban J connectivity index is 0.000000292. The summed E-state index contributed by atoms with van der Waals surface area (Å²) in [5, 5.41) is 9.83. The molecule has 7 nitrogen and oxygen atoms in total. The molecule has 1 saturated carbocycles. The molecule has 1 aliphatic carbocycles. The first-order chi connectivity index (χ1) is 6.29. The van der Waals surface area contributed by atoms with Gasteiger partial charge in [-0.25, -0.2) is 0 Å². The van der Waals surface area contributed by atoms with Crippen molar-refractivity contribution in [3.05, 3.63) is 0 Å². The van der Waals surface area contributed by atoms with Gasteiger partial charge in [0.05, 0.1) is 0 Å². The van der Waals surface area contributed by atoms with E-state index in [2.05, 4.69) is 5.32 Å². The Kier molecular flexibility index (Phi) is 5.43. The Morgan fingerprint density at radius 1 is 1.36 bits per heavy atom. The van der Waals surface area contributed by atoms with E-state index in [9.17, 15) is 0 Å². The zero-order valence-electron chi connectivity index (χ0n) is 7.60. The zero-order chi connectivity index (χ0) is 11.2. The minimum atomic E-state index is -4.67. The largest absolute Gasteiger partial charge is 0.394 e. The number of nitrogens with two attached hydrogens (primary N) is 1. The highest BCUT2D eigenvalue weighted by atomic mass is 32.3. The molecule has 0 radical (unpaired) electrons. The second-order valence-corrected chi connectivity index (χ2v) is 3.88. The molecule has 0 aromatic heterocycles. The van der Waals surface area contributed by atoms with Gasteiger partial charge in [0.1, 0.15) is 0 Å². The number of guanidine groups is 1. The van der Waals surface area contributed by atoms with E-state index in [1.807, 2.05) is 0 Å². The van der Waals surface area contributed by atoms with Crippen molar-refractivity contribution in [3.63, 3.8) is 0 Å². The van der Waals surface area contributed by atoms with Gasteiger partial charge < -0.3 is 11.1 Å². The second kappa shape index (κ2) is 5.78. The monoisotopic (exact) mass is 225 g/mol. The number of hydrogen-bond donors (Lipinski definition) is 5. The van der Waals surface area contributed by atoms with Gasteiger partial charge in [0.2, 0.25) is 0 Å². The Morgan fingerprint density at radius 2 is 1.71 bits per heavy atom. The summed E-state index contributed by atoms with van der Waals surface area (Å²) < 4.78 is 31.6. The van der Waals surface area contributed by atoms with E-state index in [0.717, 1.165) is 0 Å². The molecule has 0 aliphatic heterocycles. The summed E-state index contributed by atoms with van der Waals surface area (Å²) in [4.78, 5) is 0. The van der Waals surface area contributed by atoms with Gasteiger partial charge in [0.25, 0.3) is 0 Å². The van der Waals surface area contributed by atoms with E-state index in [1.54, 1.807) is 0 Å². The lowest BCUT2D eigenvalue weighted by Gasteiger charge is -2.09. The fourth-order valence-electron chi connectivity index (χ4n) is 1.29. The van der Waals surface area contributed by atoms with Crippen LogP contribution >= 0.6 is 0 Å². The van der Waals surface area contributed by atoms with Crippen molar-refractivity contribution in [2.75, 3.05) is 0 Å². The van der Waals surface area contributed by atoms with Gasteiger partial charge in [-0.05, 0) is 12.8 Å². The summed E-state index contributed by atoms with van der Waals surface area (Å²) >= 11 is 0. The maximum absolute atomic E-state index is 8.74. The molecule has 8 heteroatoms. The van der Waals surface area contributed by atoms with Crippen LogP contribution in [0.2, 0.25) is 0 Å². The summed E-state index contributed by atoms with van der Waals surface area (Å²) in [6.45, 7) is 0. The molecule has 6 N–H and O–H groups in total. The Bertz CT molecular complexity index is 263. The van der Waals surface area contributed by atoms with Crippen molar-refractivity contribution >= 4 is 16.4 Å². The lowest BCUT2D eigenvalue weighted by atomic mass is 10.3. The quantitative estimate of drug-likeness (QED) is 0.237. The van der Waals surface area contributed by atoms with E-state index >= 15 is 0 Å². The first-order valence-electron chi connectivity index (χ1n) is 4.09. The van der Waals surface area contributed by atoms with E-state index in [1.165, 1.54) is 25.7 Å². The van der Waals surface area contributed by atoms with E-state index in [4.69, 9.17) is 28.7 Å². The van der Waals surface area contributed by atoms with Crippen LogP contribution in [0.5, 0.6) is 0 Å². The minimum Gasteiger partial charge on any atom is -0.370 e. The van der Waals surface area contributed by atoms with Gasteiger partial charge in [-0.1, -0.05) is 12.8 Å². The summed E-state index contributed by atoms with van der Waals surface area (Å²) in [7, 11) is -4.67. The van der Waals surface area contributed by atoms with E-state index in [0.29, 0.717) is 6.04 Å². The zero-order valence-corrected chi connectivity index (χ0v) is 8.42. The normalized spacial score (nSPS) is 17.0. The average molecular weight is 225 g/mol. The van der Waals surface area contributed by atoms with Gasteiger partial charge in [-0.15, -0.1) is 0 Å². The van der Waals surface area contributed by atoms with Crippen LogP contribution in [0.3, 0.4) is 0 Å². The molecule has 0 amide bonds. The Hall–Kier alpha value is -0.860. The molecule has 0 heterocycles. The van der Waals surface area contributed by atoms with Crippen LogP contribution in [0.15, 0.2) is 0 Å². The smallest absolute Gasteiger partial charge is 0.370 e. The molecule has 1 fully saturated rings. The van der Waals surface area contributed by atoms with Crippen molar-refractivity contribution in [3.8, 4) is 0 Å². The maximum Gasteiger partial charge on any atom is 0.394 e. The molecule has 1 aliphatic rings. The lowest BCUT2D eigenvalue weighted by Crippen LogP contribution is -2.37. The van der Waals surface area contributed by atoms with Gasteiger partial charge in [-0.2, -0.15) is 8.42 Å². The van der Waals surface area contributed by atoms with Crippen LogP contribution in [-0.2, 0) is 10.4 Å². The molecule has 0 bridgehead atoms. The van der Waals surface area contributed by atoms with Crippen LogP contribution in [0.25, 0.3) is 0 Å². The van der Waals surface area contributed by atoms with Crippen LogP contribution in [0.1, 0.15) is 25.7 Å². The number of hydrogen-bond acceptors (Lipinski definition) is 3. The first-order valence-corrected chi connectivity index (χ1v) is 5.49. The Morgan fingerprint density at radius 3 is 2.00 bits per heavy atom. The van der Waals surface area contributed by atoms with E-state index < -0.39 is 10.4 Å². The first kappa shape index (κ1) is 13.1. The molecule has 0 saturated heterocycles. The minimum absolute atomic E-state index is 0.113. The predicted octanol–water partition coefficient (Wildman–Crippen LogP) is -0.241. The lowest BCUT2D eigenvalue weighted by molar-refractivity contribution is 0.381. The molecule has 0 spiro atoms. The number of rotatable bonds is 1. The summed E-state index contributed by atoms with van der Waals surface area (Å²) in [5.74, 6) is 0.113. The second-order valence-electron chi connectivity index (χ2n) is 2.99. The van der Waals surface area contributed by atoms with Crippen LogP contribution in [-0.4, -0.2) is 29.5 Å². The molecular weight excluding hydrogens is 210 g/mol. The summed E-state index contributed by atoms with van der Waals surface area (Å²) in [6.07, 6.45) is 4.93. The molecule has 0 aromatic carbocycles. The van der Waals surface area contributed by atoms with Gasteiger partial charge in [0, 0.05) is 6.04 Å².